The van der Waals surface area contributed by atoms with Crippen molar-refractivity contribution in [2.45, 2.75) is 25.3 Å². The molecule has 1 N–H and O–H groups in total. The first-order chi connectivity index (χ1) is 10.8. The first kappa shape index (κ1) is 20.8. The molecule has 0 saturated carbocycles. The van der Waals surface area contributed by atoms with Crippen LogP contribution in [0.1, 0.15) is 19.3 Å². The number of hydrogen-bond donors (Lipinski definition) is 1. The van der Waals surface area contributed by atoms with Gasteiger partial charge in [-0.1, -0.05) is 6.42 Å². The van der Waals surface area contributed by atoms with Crippen LogP contribution < -0.4 is 15.0 Å². The SMILES string of the molecule is COc1ccnc(N2CCN(C(=O)[C@H]3CCCCN3)CC2)c1.Cl.Cl. The highest BCUT2D eigenvalue weighted by Crippen LogP contribution is 2.20. The summed E-state index contributed by atoms with van der Waals surface area (Å²) in [7, 11) is 1.66. The number of methoxy groups -OCH3 is 1. The zero-order valence-corrected chi connectivity index (χ0v) is 15.6. The Kier molecular flexibility index (Phi) is 8.59. The minimum absolute atomic E-state index is 0. The maximum Gasteiger partial charge on any atom is 0.239 e. The zero-order chi connectivity index (χ0) is 15.4. The summed E-state index contributed by atoms with van der Waals surface area (Å²) >= 11 is 0. The monoisotopic (exact) mass is 376 g/mol. The number of nitrogens with one attached hydrogen (secondary N) is 1. The van der Waals surface area contributed by atoms with Gasteiger partial charge >= 0.3 is 0 Å². The maximum absolute atomic E-state index is 12.5. The van der Waals surface area contributed by atoms with Crippen molar-refractivity contribution in [2.75, 3.05) is 44.7 Å². The Morgan fingerprint density at radius 3 is 2.62 bits per heavy atom. The largest absolute Gasteiger partial charge is 0.497 e. The van der Waals surface area contributed by atoms with Crippen LogP contribution in [0.25, 0.3) is 0 Å². The fourth-order valence-corrected chi connectivity index (χ4v) is 3.14. The Hall–Kier alpha value is -1.24. The van der Waals surface area contributed by atoms with Crippen molar-refractivity contribution in [3.63, 3.8) is 0 Å². The third-order valence-electron chi connectivity index (χ3n) is 4.48. The van der Waals surface area contributed by atoms with Crippen molar-refractivity contribution in [1.29, 1.82) is 0 Å². The normalized spacial score (nSPS) is 20.6. The fraction of sp³-hybridized carbons (Fsp3) is 0.625. The Bertz CT molecular complexity index is 519. The van der Waals surface area contributed by atoms with E-state index in [1.54, 1.807) is 13.3 Å². The number of pyridine rings is 1. The van der Waals surface area contributed by atoms with Crippen molar-refractivity contribution >= 4 is 36.5 Å². The highest BCUT2D eigenvalue weighted by molar-refractivity contribution is 5.85. The van der Waals surface area contributed by atoms with E-state index in [1.165, 1.54) is 6.42 Å². The summed E-state index contributed by atoms with van der Waals surface area (Å²) in [4.78, 5) is 21.1. The van der Waals surface area contributed by atoms with Gasteiger partial charge in [-0.2, -0.15) is 0 Å². The molecule has 0 radical (unpaired) electrons. The van der Waals surface area contributed by atoms with Crippen LogP contribution >= 0.6 is 24.8 Å². The quantitative estimate of drug-likeness (QED) is 0.870. The minimum atomic E-state index is 0. The van der Waals surface area contributed by atoms with Crippen molar-refractivity contribution < 1.29 is 9.53 Å². The van der Waals surface area contributed by atoms with Gasteiger partial charge in [-0.05, 0) is 25.5 Å². The number of halogens is 2. The molecular formula is C16H26Cl2N4O2. The van der Waals surface area contributed by atoms with Gasteiger partial charge in [0.05, 0.1) is 13.2 Å². The number of piperidine rings is 1. The molecule has 1 amide bonds. The van der Waals surface area contributed by atoms with Gasteiger partial charge < -0.3 is 19.9 Å². The van der Waals surface area contributed by atoms with E-state index in [0.717, 1.165) is 57.1 Å². The second-order valence-corrected chi connectivity index (χ2v) is 5.87. The number of aromatic nitrogens is 1. The van der Waals surface area contributed by atoms with Crippen molar-refractivity contribution in [3.05, 3.63) is 18.3 Å². The van der Waals surface area contributed by atoms with Crippen LogP contribution in [0, 0.1) is 0 Å². The molecule has 3 rings (SSSR count). The summed E-state index contributed by atoms with van der Waals surface area (Å²) in [5, 5.41) is 3.34. The van der Waals surface area contributed by atoms with Crippen LogP contribution in [0.2, 0.25) is 0 Å². The van der Waals surface area contributed by atoms with E-state index in [0.29, 0.717) is 0 Å². The number of anilines is 1. The number of rotatable bonds is 3. The number of carbonyl (C=O) groups excluding carboxylic acids is 1. The average molecular weight is 377 g/mol. The molecule has 0 bridgehead atoms. The summed E-state index contributed by atoms with van der Waals surface area (Å²) in [5.74, 6) is 2.00. The van der Waals surface area contributed by atoms with Crippen molar-refractivity contribution in [2.24, 2.45) is 0 Å². The summed E-state index contributed by atoms with van der Waals surface area (Å²) < 4.78 is 5.24. The lowest BCUT2D eigenvalue weighted by atomic mass is 10.0. The number of piperazine rings is 1. The van der Waals surface area contributed by atoms with Gasteiger partial charge in [0.25, 0.3) is 0 Å². The number of amides is 1. The standard InChI is InChI=1S/C16H24N4O2.2ClH/c1-22-13-5-7-18-15(12-13)19-8-10-20(11-9-19)16(21)14-4-2-3-6-17-14;;/h5,7,12,14,17H,2-4,6,8-11H2,1H3;2*1H/t14-;;/m1../s1. The molecule has 1 atom stereocenters. The summed E-state index contributed by atoms with van der Waals surface area (Å²) in [6, 6.07) is 3.81. The molecule has 0 spiro atoms. The second-order valence-electron chi connectivity index (χ2n) is 5.87. The molecule has 6 nitrogen and oxygen atoms in total. The van der Waals surface area contributed by atoms with E-state index < -0.39 is 0 Å². The van der Waals surface area contributed by atoms with Crippen molar-refractivity contribution in [3.8, 4) is 5.75 Å². The molecule has 24 heavy (non-hydrogen) atoms. The first-order valence-corrected chi connectivity index (χ1v) is 8.05. The Morgan fingerprint density at radius 1 is 1.25 bits per heavy atom. The molecule has 2 saturated heterocycles. The topological polar surface area (TPSA) is 57.7 Å². The van der Waals surface area contributed by atoms with Gasteiger partial charge in [0, 0.05) is 38.4 Å². The molecule has 1 aromatic heterocycles. The molecule has 2 fully saturated rings. The zero-order valence-electron chi connectivity index (χ0n) is 13.9. The lowest BCUT2D eigenvalue weighted by Crippen LogP contribution is -2.55. The number of carbonyl (C=O) groups is 1. The van der Waals surface area contributed by atoms with Crippen LogP contribution in [0.5, 0.6) is 5.75 Å². The van der Waals surface area contributed by atoms with Crippen LogP contribution in [-0.2, 0) is 4.79 Å². The highest BCUT2D eigenvalue weighted by Gasteiger charge is 2.28. The van der Waals surface area contributed by atoms with Crippen LogP contribution in [0.3, 0.4) is 0 Å². The molecular weight excluding hydrogens is 351 g/mol. The number of ether oxygens (including phenoxy) is 1. The molecule has 136 valence electrons. The van der Waals surface area contributed by atoms with Crippen LogP contribution in [0.15, 0.2) is 18.3 Å². The van der Waals surface area contributed by atoms with Gasteiger partial charge in [-0.3, -0.25) is 4.79 Å². The maximum atomic E-state index is 12.5. The Labute approximate surface area is 155 Å². The average Bonchev–Trinajstić information content (AvgIpc) is 2.62. The summed E-state index contributed by atoms with van der Waals surface area (Å²) in [5.41, 5.74) is 0. The molecule has 2 aliphatic rings. The second kappa shape index (κ2) is 9.91. The molecule has 0 aliphatic carbocycles. The summed E-state index contributed by atoms with van der Waals surface area (Å²) in [6.45, 7) is 4.12. The van der Waals surface area contributed by atoms with E-state index >= 15 is 0 Å². The van der Waals surface area contributed by atoms with E-state index in [1.807, 2.05) is 17.0 Å². The highest BCUT2D eigenvalue weighted by atomic mass is 35.5. The van der Waals surface area contributed by atoms with Crippen molar-refractivity contribution in [1.82, 2.24) is 15.2 Å². The predicted octanol–water partition coefficient (Wildman–Crippen LogP) is 1.72. The van der Waals surface area contributed by atoms with Gasteiger partial charge in [0.15, 0.2) is 0 Å². The van der Waals surface area contributed by atoms with Crippen LogP contribution in [0.4, 0.5) is 5.82 Å². The number of hydrogen-bond acceptors (Lipinski definition) is 5. The van der Waals surface area contributed by atoms with Gasteiger partial charge in [0.1, 0.15) is 11.6 Å². The molecule has 2 aliphatic heterocycles. The summed E-state index contributed by atoms with van der Waals surface area (Å²) in [6.07, 6.45) is 5.06. The number of nitrogens with zero attached hydrogens (tertiary/aromatic N) is 3. The Balaban J connectivity index is 0.00000144. The molecule has 0 aromatic carbocycles. The smallest absolute Gasteiger partial charge is 0.239 e. The van der Waals surface area contributed by atoms with E-state index in [-0.39, 0.29) is 36.8 Å². The lowest BCUT2D eigenvalue weighted by molar-refractivity contribution is -0.134. The molecule has 1 aromatic rings. The molecule has 0 unspecified atom stereocenters. The van der Waals surface area contributed by atoms with E-state index in [2.05, 4.69) is 15.2 Å². The van der Waals surface area contributed by atoms with Crippen LogP contribution in [-0.4, -0.2) is 61.7 Å². The molecule has 8 heteroatoms. The molecule has 3 heterocycles. The van der Waals surface area contributed by atoms with Gasteiger partial charge in [-0.25, -0.2) is 4.98 Å². The third-order valence-corrected chi connectivity index (χ3v) is 4.48. The Morgan fingerprint density at radius 2 is 2.00 bits per heavy atom. The van der Waals surface area contributed by atoms with E-state index in [4.69, 9.17) is 4.74 Å². The first-order valence-electron chi connectivity index (χ1n) is 8.05. The predicted molar refractivity (Wildman–Crippen MR) is 99.7 cm³/mol. The lowest BCUT2D eigenvalue weighted by Gasteiger charge is -2.37. The van der Waals surface area contributed by atoms with Gasteiger partial charge in [0.2, 0.25) is 5.91 Å². The van der Waals surface area contributed by atoms with E-state index in [9.17, 15) is 4.79 Å². The fourth-order valence-electron chi connectivity index (χ4n) is 3.14. The third kappa shape index (κ3) is 4.88. The minimum Gasteiger partial charge on any atom is -0.497 e. The van der Waals surface area contributed by atoms with Gasteiger partial charge in [-0.15, -0.1) is 24.8 Å².